The van der Waals surface area contributed by atoms with Gasteiger partial charge in [-0.25, -0.2) is 0 Å². The van der Waals surface area contributed by atoms with Gasteiger partial charge in [-0.05, 0) is 63.1 Å². The van der Waals surface area contributed by atoms with E-state index in [-0.39, 0.29) is 5.89 Å². The molecule has 0 saturated carbocycles. The molecule has 5 nitrogen and oxygen atoms in total. The average molecular weight is 387 g/mol. The first-order chi connectivity index (χ1) is 12.3. The lowest BCUT2D eigenvalue weighted by molar-refractivity contribution is 0.556. The molecular formula is C19H19ClN4OS. The minimum Gasteiger partial charge on any atom is -0.415 e. The van der Waals surface area contributed by atoms with Gasteiger partial charge in [0.05, 0.1) is 10.6 Å². The lowest BCUT2D eigenvalue weighted by Gasteiger charge is -2.15. The van der Waals surface area contributed by atoms with Crippen LogP contribution in [0.15, 0.2) is 28.7 Å². The van der Waals surface area contributed by atoms with Crippen molar-refractivity contribution < 1.29 is 4.42 Å². The number of hydrogen-bond acceptors (Lipinski definition) is 6. The van der Waals surface area contributed by atoms with Gasteiger partial charge < -0.3 is 10.2 Å². The highest BCUT2D eigenvalue weighted by molar-refractivity contribution is 7.90. The fourth-order valence-corrected chi connectivity index (χ4v) is 3.11. The van der Waals surface area contributed by atoms with Crippen molar-refractivity contribution in [2.45, 2.75) is 27.7 Å². The Balaban J connectivity index is 2.05. The van der Waals surface area contributed by atoms with E-state index in [4.69, 9.17) is 21.8 Å². The molecule has 2 heterocycles. The molecule has 0 aliphatic heterocycles. The Bertz CT molecular complexity index is 1010. The molecule has 0 bridgehead atoms. The lowest BCUT2D eigenvalue weighted by atomic mass is 9.98. The number of hydrogen-bond donors (Lipinski definition) is 2. The molecule has 0 amide bonds. The number of thiol groups is 1. The Morgan fingerprint density at radius 1 is 1.00 bits per heavy atom. The number of aryl methyl sites for hydroxylation is 2. The average Bonchev–Trinajstić information content (AvgIpc) is 3.09. The highest BCUT2D eigenvalue weighted by atomic mass is 35.5. The molecule has 0 atom stereocenters. The molecule has 3 rings (SSSR count). The third-order valence-electron chi connectivity index (χ3n) is 4.42. The van der Waals surface area contributed by atoms with Gasteiger partial charge in [0.15, 0.2) is 0 Å². The number of aromatic nitrogens is 3. The van der Waals surface area contributed by atoms with Gasteiger partial charge >= 0.3 is 0 Å². The molecule has 134 valence electrons. The Kier molecular flexibility index (Phi) is 5.07. The first-order valence-corrected chi connectivity index (χ1v) is 8.85. The molecule has 2 aromatic heterocycles. The second-order valence-electron chi connectivity index (χ2n) is 6.09. The van der Waals surface area contributed by atoms with E-state index in [1.807, 2.05) is 39.8 Å². The SMILES string of the molecule is Cc1nc(C)c(/C(N)=C(\S)c2nnc(-c3ccc(Cl)cc3)o2)c(C)c1C. The third-order valence-corrected chi connectivity index (χ3v) is 5.10. The smallest absolute Gasteiger partial charge is 0.256 e. The van der Waals surface area contributed by atoms with E-state index in [0.717, 1.165) is 33.6 Å². The first kappa shape index (κ1) is 18.5. The highest BCUT2D eigenvalue weighted by Gasteiger charge is 2.18. The van der Waals surface area contributed by atoms with E-state index in [9.17, 15) is 0 Å². The van der Waals surface area contributed by atoms with E-state index in [0.29, 0.717) is 21.5 Å². The van der Waals surface area contributed by atoms with Crippen LogP contribution >= 0.6 is 24.2 Å². The van der Waals surface area contributed by atoms with Gasteiger partial charge in [-0.2, -0.15) is 0 Å². The predicted molar refractivity (Wildman–Crippen MR) is 108 cm³/mol. The van der Waals surface area contributed by atoms with Crippen LogP contribution in [0.5, 0.6) is 0 Å². The molecule has 3 aromatic rings. The van der Waals surface area contributed by atoms with Gasteiger partial charge in [0, 0.05) is 27.5 Å². The van der Waals surface area contributed by atoms with Crippen molar-refractivity contribution >= 4 is 34.8 Å². The number of halogens is 1. The fraction of sp³-hybridized carbons (Fsp3) is 0.211. The summed E-state index contributed by atoms with van der Waals surface area (Å²) in [5.74, 6) is 0.635. The summed E-state index contributed by atoms with van der Waals surface area (Å²) in [6.45, 7) is 7.96. The molecule has 0 saturated heterocycles. The van der Waals surface area contributed by atoms with Crippen molar-refractivity contribution in [3.05, 3.63) is 63.3 Å². The van der Waals surface area contributed by atoms with Gasteiger partial charge in [0.25, 0.3) is 5.89 Å². The van der Waals surface area contributed by atoms with E-state index < -0.39 is 0 Å². The maximum absolute atomic E-state index is 6.38. The summed E-state index contributed by atoms with van der Waals surface area (Å²) in [6.07, 6.45) is 0. The zero-order chi connectivity index (χ0) is 19.0. The number of rotatable bonds is 3. The Morgan fingerprint density at radius 3 is 2.31 bits per heavy atom. The van der Waals surface area contributed by atoms with Gasteiger partial charge in [-0.3, -0.25) is 4.98 Å². The molecule has 7 heteroatoms. The van der Waals surface area contributed by atoms with Gasteiger partial charge in [-0.15, -0.1) is 22.8 Å². The molecule has 26 heavy (non-hydrogen) atoms. The first-order valence-electron chi connectivity index (χ1n) is 8.03. The van der Waals surface area contributed by atoms with Crippen molar-refractivity contribution in [3.8, 4) is 11.5 Å². The third kappa shape index (κ3) is 3.34. The normalized spacial score (nSPS) is 12.2. The minimum absolute atomic E-state index is 0.257. The molecule has 0 radical (unpaired) electrons. The van der Waals surface area contributed by atoms with Crippen molar-refractivity contribution in [3.63, 3.8) is 0 Å². The van der Waals surface area contributed by atoms with Crippen LogP contribution in [-0.4, -0.2) is 15.2 Å². The predicted octanol–water partition coefficient (Wildman–Crippen LogP) is 4.73. The summed E-state index contributed by atoms with van der Waals surface area (Å²) in [6, 6.07) is 7.15. The van der Waals surface area contributed by atoms with E-state index in [1.54, 1.807) is 12.1 Å². The topological polar surface area (TPSA) is 77.8 Å². The van der Waals surface area contributed by atoms with Crippen LogP contribution in [0.2, 0.25) is 5.02 Å². The zero-order valence-corrected chi connectivity index (χ0v) is 16.6. The Morgan fingerprint density at radius 2 is 1.65 bits per heavy atom. The van der Waals surface area contributed by atoms with Crippen LogP contribution in [0.1, 0.15) is 34.0 Å². The summed E-state index contributed by atoms with van der Waals surface area (Å²) >= 11 is 10.4. The molecule has 0 aliphatic carbocycles. The largest absolute Gasteiger partial charge is 0.415 e. The highest BCUT2D eigenvalue weighted by Crippen LogP contribution is 2.31. The standard InChI is InChI=1S/C19H19ClN4OS/c1-9-10(2)15(12(4)22-11(9)3)16(21)17(26)19-24-23-18(25-19)13-5-7-14(20)8-6-13/h5-8,26H,21H2,1-4H3/b17-16+. The van der Waals surface area contributed by atoms with Crippen molar-refractivity contribution in [1.82, 2.24) is 15.2 Å². The molecular weight excluding hydrogens is 368 g/mol. The summed E-state index contributed by atoms with van der Waals surface area (Å²) in [4.78, 5) is 4.99. The number of benzene rings is 1. The maximum Gasteiger partial charge on any atom is 0.256 e. The van der Waals surface area contributed by atoms with E-state index in [2.05, 4.69) is 27.8 Å². The molecule has 2 N–H and O–H groups in total. The Hall–Kier alpha value is -2.31. The molecule has 0 spiro atoms. The van der Waals surface area contributed by atoms with Gasteiger partial charge in [-0.1, -0.05) is 11.6 Å². The lowest BCUT2D eigenvalue weighted by Crippen LogP contribution is -2.08. The summed E-state index contributed by atoms with van der Waals surface area (Å²) in [5, 5.41) is 8.79. The number of nitrogens with two attached hydrogens (primary N) is 1. The van der Waals surface area contributed by atoms with Crippen molar-refractivity contribution in [2.75, 3.05) is 0 Å². The van der Waals surface area contributed by atoms with Crippen LogP contribution < -0.4 is 5.73 Å². The second kappa shape index (κ2) is 7.13. The summed E-state index contributed by atoms with van der Waals surface area (Å²) in [7, 11) is 0. The van der Waals surface area contributed by atoms with Crippen LogP contribution in [-0.2, 0) is 0 Å². The fourth-order valence-electron chi connectivity index (χ4n) is 2.78. The maximum atomic E-state index is 6.38. The van der Waals surface area contributed by atoms with Crippen molar-refractivity contribution in [1.29, 1.82) is 0 Å². The number of nitrogens with zero attached hydrogens (tertiary/aromatic N) is 3. The monoisotopic (exact) mass is 386 g/mol. The van der Waals surface area contributed by atoms with Crippen LogP contribution in [0.25, 0.3) is 22.1 Å². The molecule has 0 fully saturated rings. The quantitative estimate of drug-likeness (QED) is 0.636. The minimum atomic E-state index is 0.257. The van der Waals surface area contributed by atoms with Crippen molar-refractivity contribution in [2.24, 2.45) is 5.73 Å². The molecule has 0 aliphatic rings. The van der Waals surface area contributed by atoms with Crippen LogP contribution in [0.3, 0.4) is 0 Å². The van der Waals surface area contributed by atoms with E-state index >= 15 is 0 Å². The zero-order valence-electron chi connectivity index (χ0n) is 15.0. The summed E-state index contributed by atoms with van der Waals surface area (Å²) in [5.41, 5.74) is 12.5. The second-order valence-corrected chi connectivity index (χ2v) is 6.97. The Labute approximate surface area is 162 Å². The van der Waals surface area contributed by atoms with Crippen LogP contribution in [0, 0.1) is 27.7 Å². The molecule has 0 unspecified atom stereocenters. The van der Waals surface area contributed by atoms with E-state index in [1.165, 1.54) is 0 Å². The number of pyridine rings is 1. The summed E-state index contributed by atoms with van der Waals surface area (Å²) < 4.78 is 5.75. The van der Waals surface area contributed by atoms with Gasteiger partial charge in [0.2, 0.25) is 5.89 Å². The molecule has 1 aromatic carbocycles. The van der Waals surface area contributed by atoms with Gasteiger partial charge in [0.1, 0.15) is 0 Å². The van der Waals surface area contributed by atoms with Crippen LogP contribution in [0.4, 0.5) is 0 Å².